The molecule has 2 rings (SSSR count). The molecule has 0 radical (unpaired) electrons. The van der Waals surface area contributed by atoms with Crippen molar-refractivity contribution in [3.05, 3.63) is 53.9 Å². The Bertz CT molecular complexity index is 491. The first-order valence-corrected chi connectivity index (χ1v) is 6.31. The van der Waals surface area contributed by atoms with Crippen LogP contribution in [0.25, 0.3) is 0 Å². The number of hydrogen-bond acceptors (Lipinski definition) is 2. The molecular formula is C15H20N2O. The first kappa shape index (κ1) is 12.7. The van der Waals surface area contributed by atoms with E-state index in [0.29, 0.717) is 6.61 Å². The average Bonchev–Trinajstić information content (AvgIpc) is 2.76. The predicted molar refractivity (Wildman–Crippen MR) is 73.6 cm³/mol. The second-order valence-corrected chi connectivity index (χ2v) is 4.37. The summed E-state index contributed by atoms with van der Waals surface area (Å²) in [6.45, 7) is 4.46. The van der Waals surface area contributed by atoms with Crippen molar-refractivity contribution in [1.29, 1.82) is 0 Å². The Kier molecular flexibility index (Phi) is 4.42. The minimum Gasteiger partial charge on any atom is -0.494 e. The Balaban J connectivity index is 1.84. The van der Waals surface area contributed by atoms with Crippen LogP contribution in [0.15, 0.2) is 42.7 Å². The molecule has 18 heavy (non-hydrogen) atoms. The van der Waals surface area contributed by atoms with Crippen LogP contribution in [0.2, 0.25) is 0 Å². The molecule has 1 N–H and O–H groups in total. The van der Waals surface area contributed by atoms with Crippen molar-refractivity contribution in [2.24, 2.45) is 7.05 Å². The smallest absolute Gasteiger partial charge is 0.119 e. The third-order valence-electron chi connectivity index (χ3n) is 2.76. The van der Waals surface area contributed by atoms with Crippen LogP contribution in [0.4, 0.5) is 0 Å². The van der Waals surface area contributed by atoms with Gasteiger partial charge in [0.2, 0.25) is 0 Å². The van der Waals surface area contributed by atoms with Crippen LogP contribution in [0.1, 0.15) is 18.1 Å². The van der Waals surface area contributed by atoms with E-state index in [0.717, 1.165) is 18.8 Å². The van der Waals surface area contributed by atoms with E-state index in [1.54, 1.807) is 0 Å². The van der Waals surface area contributed by atoms with Gasteiger partial charge in [0.15, 0.2) is 0 Å². The Morgan fingerprint density at radius 1 is 1.17 bits per heavy atom. The molecule has 0 saturated carbocycles. The van der Waals surface area contributed by atoms with Crippen LogP contribution < -0.4 is 10.1 Å². The molecule has 0 aliphatic heterocycles. The number of benzene rings is 1. The number of aromatic nitrogens is 1. The van der Waals surface area contributed by atoms with E-state index in [-0.39, 0.29) is 0 Å². The predicted octanol–water partition coefficient (Wildman–Crippen LogP) is 2.71. The van der Waals surface area contributed by atoms with E-state index in [2.05, 4.69) is 40.5 Å². The molecule has 1 heterocycles. The lowest BCUT2D eigenvalue weighted by Crippen LogP contribution is -2.12. The average molecular weight is 244 g/mol. The van der Waals surface area contributed by atoms with Crippen molar-refractivity contribution in [2.75, 3.05) is 6.61 Å². The molecule has 1 aromatic carbocycles. The third kappa shape index (κ3) is 3.64. The van der Waals surface area contributed by atoms with Gasteiger partial charge in [-0.2, -0.15) is 0 Å². The molecule has 0 saturated heterocycles. The highest BCUT2D eigenvalue weighted by Crippen LogP contribution is 2.13. The van der Waals surface area contributed by atoms with Gasteiger partial charge in [0.05, 0.1) is 6.61 Å². The summed E-state index contributed by atoms with van der Waals surface area (Å²) in [6, 6.07) is 10.3. The second kappa shape index (κ2) is 6.26. The van der Waals surface area contributed by atoms with Gasteiger partial charge in [-0.25, -0.2) is 0 Å². The molecular weight excluding hydrogens is 224 g/mol. The summed E-state index contributed by atoms with van der Waals surface area (Å²) in [5.41, 5.74) is 2.55. The van der Waals surface area contributed by atoms with Gasteiger partial charge >= 0.3 is 0 Å². The largest absolute Gasteiger partial charge is 0.494 e. The van der Waals surface area contributed by atoms with E-state index in [9.17, 15) is 0 Å². The maximum absolute atomic E-state index is 5.48. The summed E-state index contributed by atoms with van der Waals surface area (Å²) in [4.78, 5) is 0. The van der Waals surface area contributed by atoms with Gasteiger partial charge in [-0.3, -0.25) is 0 Å². The fourth-order valence-corrected chi connectivity index (χ4v) is 1.93. The summed E-state index contributed by atoms with van der Waals surface area (Å²) in [6.07, 6.45) is 4.19. The van der Waals surface area contributed by atoms with Crippen LogP contribution in [0.5, 0.6) is 5.75 Å². The molecule has 0 aliphatic rings. The molecule has 96 valence electrons. The molecule has 1 aromatic heterocycles. The molecule has 0 atom stereocenters. The van der Waals surface area contributed by atoms with Crippen molar-refractivity contribution in [3.8, 4) is 5.75 Å². The quantitative estimate of drug-likeness (QED) is 0.845. The van der Waals surface area contributed by atoms with E-state index in [1.165, 1.54) is 11.1 Å². The minimum atomic E-state index is 0.709. The zero-order valence-electron chi connectivity index (χ0n) is 11.0. The van der Waals surface area contributed by atoms with Gasteiger partial charge in [-0.1, -0.05) is 12.1 Å². The molecule has 0 fully saturated rings. The molecule has 0 aliphatic carbocycles. The zero-order valence-corrected chi connectivity index (χ0v) is 11.0. The van der Waals surface area contributed by atoms with Crippen LogP contribution in [0, 0.1) is 0 Å². The first-order chi connectivity index (χ1) is 8.78. The lowest BCUT2D eigenvalue weighted by atomic mass is 10.2. The van der Waals surface area contributed by atoms with Gasteiger partial charge in [0, 0.05) is 32.5 Å². The maximum Gasteiger partial charge on any atom is 0.119 e. The highest BCUT2D eigenvalue weighted by atomic mass is 16.5. The number of nitrogens with zero attached hydrogens (tertiary/aromatic N) is 1. The molecule has 0 amide bonds. The van der Waals surface area contributed by atoms with E-state index in [4.69, 9.17) is 4.74 Å². The summed E-state index contributed by atoms with van der Waals surface area (Å²) < 4.78 is 7.55. The highest BCUT2D eigenvalue weighted by Gasteiger charge is 1.98. The SMILES string of the molecule is CCOc1cccc(CNCc2ccn(C)c2)c1. The Hall–Kier alpha value is -1.74. The molecule has 0 bridgehead atoms. The molecule has 2 aromatic rings. The van der Waals surface area contributed by atoms with E-state index in [1.807, 2.05) is 26.1 Å². The highest BCUT2D eigenvalue weighted by molar-refractivity contribution is 5.28. The lowest BCUT2D eigenvalue weighted by molar-refractivity contribution is 0.340. The second-order valence-electron chi connectivity index (χ2n) is 4.37. The monoisotopic (exact) mass is 244 g/mol. The number of ether oxygens (including phenoxy) is 1. The summed E-state index contributed by atoms with van der Waals surface area (Å²) in [5.74, 6) is 0.941. The first-order valence-electron chi connectivity index (χ1n) is 6.31. The fraction of sp³-hybridized carbons (Fsp3) is 0.333. The third-order valence-corrected chi connectivity index (χ3v) is 2.76. The summed E-state index contributed by atoms with van der Waals surface area (Å²) in [5, 5.41) is 3.43. The van der Waals surface area contributed by atoms with Crippen molar-refractivity contribution >= 4 is 0 Å². The summed E-state index contributed by atoms with van der Waals surface area (Å²) in [7, 11) is 2.04. The van der Waals surface area contributed by atoms with Crippen molar-refractivity contribution < 1.29 is 4.74 Å². The molecule has 0 spiro atoms. The van der Waals surface area contributed by atoms with Crippen molar-refractivity contribution in [3.63, 3.8) is 0 Å². The molecule has 3 nitrogen and oxygen atoms in total. The van der Waals surface area contributed by atoms with Crippen molar-refractivity contribution in [1.82, 2.24) is 9.88 Å². The number of rotatable bonds is 6. The number of aryl methyl sites for hydroxylation is 1. The van der Waals surface area contributed by atoms with Crippen LogP contribution >= 0.6 is 0 Å². The zero-order chi connectivity index (χ0) is 12.8. The normalized spacial score (nSPS) is 10.6. The molecule has 3 heteroatoms. The standard InChI is InChI=1S/C15H20N2O/c1-3-18-15-6-4-5-13(9-15)10-16-11-14-7-8-17(2)12-14/h4-9,12,16H,3,10-11H2,1-2H3. The minimum absolute atomic E-state index is 0.709. The van der Waals surface area contributed by atoms with Crippen LogP contribution in [-0.2, 0) is 20.1 Å². The van der Waals surface area contributed by atoms with Gasteiger partial charge in [-0.05, 0) is 36.2 Å². The Morgan fingerprint density at radius 2 is 2.00 bits per heavy atom. The van der Waals surface area contributed by atoms with Gasteiger partial charge < -0.3 is 14.6 Å². The van der Waals surface area contributed by atoms with Crippen molar-refractivity contribution in [2.45, 2.75) is 20.0 Å². The maximum atomic E-state index is 5.48. The van der Waals surface area contributed by atoms with Crippen LogP contribution in [0.3, 0.4) is 0 Å². The Labute approximate surface area is 108 Å². The Morgan fingerprint density at radius 3 is 2.72 bits per heavy atom. The van der Waals surface area contributed by atoms with Gasteiger partial charge in [0.1, 0.15) is 5.75 Å². The van der Waals surface area contributed by atoms with Gasteiger partial charge in [-0.15, -0.1) is 0 Å². The topological polar surface area (TPSA) is 26.2 Å². The van der Waals surface area contributed by atoms with E-state index >= 15 is 0 Å². The fourth-order valence-electron chi connectivity index (χ4n) is 1.93. The lowest BCUT2D eigenvalue weighted by Gasteiger charge is -2.07. The summed E-state index contributed by atoms with van der Waals surface area (Å²) >= 11 is 0. The molecule has 0 unspecified atom stereocenters. The van der Waals surface area contributed by atoms with Crippen LogP contribution in [-0.4, -0.2) is 11.2 Å². The number of hydrogen-bond donors (Lipinski definition) is 1. The van der Waals surface area contributed by atoms with E-state index < -0.39 is 0 Å². The number of nitrogens with one attached hydrogen (secondary N) is 1. The van der Waals surface area contributed by atoms with Gasteiger partial charge in [0.25, 0.3) is 0 Å².